The highest BCUT2D eigenvalue weighted by atomic mass is 79.9. The Morgan fingerprint density at radius 2 is 1.90 bits per heavy atom. The fourth-order valence-corrected chi connectivity index (χ4v) is 3.37. The van der Waals surface area contributed by atoms with E-state index < -0.39 is 0 Å². The SMILES string of the molecule is Cc1ccc(F)c(NC2CC(c3ccccc3Br)C2)c1. The average Bonchev–Trinajstić information content (AvgIpc) is 2.38. The van der Waals surface area contributed by atoms with Gasteiger partial charge in [0.05, 0.1) is 5.69 Å². The lowest BCUT2D eigenvalue weighted by atomic mass is 9.76. The van der Waals surface area contributed by atoms with Gasteiger partial charge >= 0.3 is 0 Å². The lowest BCUT2D eigenvalue weighted by Gasteiger charge is -2.37. The van der Waals surface area contributed by atoms with Crippen LogP contribution in [0.4, 0.5) is 10.1 Å². The highest BCUT2D eigenvalue weighted by molar-refractivity contribution is 9.10. The second-order valence-corrected chi connectivity index (χ2v) is 6.37. The summed E-state index contributed by atoms with van der Waals surface area (Å²) in [6, 6.07) is 13.9. The lowest BCUT2D eigenvalue weighted by molar-refractivity contribution is 0.372. The Morgan fingerprint density at radius 1 is 1.15 bits per heavy atom. The molecule has 2 aromatic rings. The van der Waals surface area contributed by atoms with Gasteiger partial charge in [0.25, 0.3) is 0 Å². The van der Waals surface area contributed by atoms with Gasteiger partial charge in [-0.05, 0) is 55.0 Å². The molecule has 1 saturated carbocycles. The van der Waals surface area contributed by atoms with Gasteiger partial charge in [-0.3, -0.25) is 0 Å². The lowest BCUT2D eigenvalue weighted by Crippen LogP contribution is -2.34. The second kappa shape index (κ2) is 5.57. The Kier molecular flexibility index (Phi) is 3.79. The summed E-state index contributed by atoms with van der Waals surface area (Å²) in [5.41, 5.74) is 3.06. The van der Waals surface area contributed by atoms with Crippen LogP contribution in [0.5, 0.6) is 0 Å². The van der Waals surface area contributed by atoms with Crippen LogP contribution in [-0.4, -0.2) is 6.04 Å². The topological polar surface area (TPSA) is 12.0 Å². The van der Waals surface area contributed by atoms with Crippen LogP contribution in [0.2, 0.25) is 0 Å². The van der Waals surface area contributed by atoms with E-state index in [-0.39, 0.29) is 5.82 Å². The molecule has 3 rings (SSSR count). The Balaban J connectivity index is 1.64. The minimum Gasteiger partial charge on any atom is -0.380 e. The van der Waals surface area contributed by atoms with Crippen molar-refractivity contribution in [1.29, 1.82) is 0 Å². The largest absolute Gasteiger partial charge is 0.380 e. The molecular formula is C17H17BrFN. The van der Waals surface area contributed by atoms with Crippen molar-refractivity contribution >= 4 is 21.6 Å². The Hall–Kier alpha value is -1.35. The summed E-state index contributed by atoms with van der Waals surface area (Å²) in [4.78, 5) is 0. The molecule has 0 heterocycles. The van der Waals surface area contributed by atoms with Crippen LogP contribution in [0, 0.1) is 12.7 Å². The maximum Gasteiger partial charge on any atom is 0.146 e. The fraction of sp³-hybridized carbons (Fsp3) is 0.294. The smallest absolute Gasteiger partial charge is 0.146 e. The number of halogens is 2. The number of nitrogens with one attached hydrogen (secondary N) is 1. The van der Waals surface area contributed by atoms with E-state index in [0.717, 1.165) is 18.4 Å². The standard InChI is InChI=1S/C17H17BrFN/c1-11-6-7-16(19)17(8-11)20-13-9-12(10-13)14-4-2-3-5-15(14)18/h2-8,12-13,20H,9-10H2,1H3. The molecule has 0 bridgehead atoms. The molecule has 20 heavy (non-hydrogen) atoms. The number of benzene rings is 2. The van der Waals surface area contributed by atoms with Gasteiger partial charge in [0, 0.05) is 10.5 Å². The molecule has 1 fully saturated rings. The van der Waals surface area contributed by atoms with Gasteiger partial charge in [0.2, 0.25) is 0 Å². The molecule has 1 nitrogen and oxygen atoms in total. The van der Waals surface area contributed by atoms with Crippen LogP contribution in [0.1, 0.15) is 29.9 Å². The molecule has 2 aromatic carbocycles. The molecule has 0 aliphatic heterocycles. The van der Waals surface area contributed by atoms with Gasteiger partial charge in [0.1, 0.15) is 5.82 Å². The second-order valence-electron chi connectivity index (χ2n) is 5.51. The van der Waals surface area contributed by atoms with Gasteiger partial charge in [-0.15, -0.1) is 0 Å². The zero-order chi connectivity index (χ0) is 14.1. The van der Waals surface area contributed by atoms with Crippen molar-refractivity contribution in [3.63, 3.8) is 0 Å². The summed E-state index contributed by atoms with van der Waals surface area (Å²) in [5, 5.41) is 3.32. The van der Waals surface area contributed by atoms with E-state index in [1.165, 1.54) is 16.1 Å². The number of hydrogen-bond acceptors (Lipinski definition) is 1. The fourth-order valence-electron chi connectivity index (χ4n) is 2.77. The summed E-state index contributed by atoms with van der Waals surface area (Å²) >= 11 is 3.60. The zero-order valence-corrected chi connectivity index (χ0v) is 13.0. The highest BCUT2D eigenvalue weighted by Crippen LogP contribution is 2.41. The molecule has 0 amide bonds. The van der Waals surface area contributed by atoms with Crippen molar-refractivity contribution in [2.75, 3.05) is 5.32 Å². The summed E-state index contributed by atoms with van der Waals surface area (Å²) in [7, 11) is 0. The predicted molar refractivity (Wildman–Crippen MR) is 84.7 cm³/mol. The number of hydrogen-bond donors (Lipinski definition) is 1. The molecule has 0 spiro atoms. The highest BCUT2D eigenvalue weighted by Gasteiger charge is 2.31. The molecule has 1 N–H and O–H groups in total. The average molecular weight is 334 g/mol. The first-order valence-corrected chi connectivity index (χ1v) is 7.70. The third-order valence-electron chi connectivity index (χ3n) is 3.96. The van der Waals surface area contributed by atoms with E-state index in [9.17, 15) is 4.39 Å². The predicted octanol–water partition coefficient (Wildman–Crippen LogP) is 5.25. The summed E-state index contributed by atoms with van der Waals surface area (Å²) in [6.45, 7) is 1.98. The van der Waals surface area contributed by atoms with Gasteiger partial charge in [-0.1, -0.05) is 40.2 Å². The van der Waals surface area contributed by atoms with Crippen LogP contribution >= 0.6 is 15.9 Å². The first-order chi connectivity index (χ1) is 9.63. The van der Waals surface area contributed by atoms with Gasteiger partial charge < -0.3 is 5.32 Å². The minimum atomic E-state index is -0.167. The molecule has 0 radical (unpaired) electrons. The molecule has 0 unspecified atom stereocenters. The molecule has 1 aliphatic carbocycles. The number of aryl methyl sites for hydroxylation is 1. The van der Waals surface area contributed by atoms with E-state index in [1.807, 2.05) is 19.1 Å². The van der Waals surface area contributed by atoms with E-state index in [2.05, 4.69) is 39.4 Å². The molecule has 3 heteroatoms. The van der Waals surface area contributed by atoms with Crippen molar-refractivity contribution in [2.45, 2.75) is 31.7 Å². The molecule has 104 valence electrons. The van der Waals surface area contributed by atoms with Crippen LogP contribution in [0.3, 0.4) is 0 Å². The minimum absolute atomic E-state index is 0.167. The van der Waals surface area contributed by atoms with Gasteiger partial charge in [0.15, 0.2) is 0 Å². The third-order valence-corrected chi connectivity index (χ3v) is 4.69. The normalized spacial score (nSPS) is 21.4. The molecular weight excluding hydrogens is 317 g/mol. The van der Waals surface area contributed by atoms with Crippen LogP contribution in [0.15, 0.2) is 46.9 Å². The summed E-state index contributed by atoms with van der Waals surface area (Å²) < 4.78 is 14.9. The van der Waals surface area contributed by atoms with Crippen molar-refractivity contribution < 1.29 is 4.39 Å². The van der Waals surface area contributed by atoms with Crippen molar-refractivity contribution in [3.8, 4) is 0 Å². The maximum absolute atomic E-state index is 13.7. The zero-order valence-electron chi connectivity index (χ0n) is 11.4. The van der Waals surface area contributed by atoms with Crippen molar-refractivity contribution in [3.05, 3.63) is 63.9 Å². The first-order valence-electron chi connectivity index (χ1n) is 6.90. The third kappa shape index (κ3) is 2.73. The van der Waals surface area contributed by atoms with E-state index >= 15 is 0 Å². The van der Waals surface area contributed by atoms with E-state index in [4.69, 9.17) is 0 Å². The Labute approximate surface area is 127 Å². The Bertz CT molecular complexity index is 620. The summed E-state index contributed by atoms with van der Waals surface area (Å²) in [6.07, 6.45) is 2.10. The van der Waals surface area contributed by atoms with Gasteiger partial charge in [-0.2, -0.15) is 0 Å². The van der Waals surface area contributed by atoms with Crippen LogP contribution < -0.4 is 5.32 Å². The number of rotatable bonds is 3. The van der Waals surface area contributed by atoms with Crippen LogP contribution in [0.25, 0.3) is 0 Å². The van der Waals surface area contributed by atoms with Crippen molar-refractivity contribution in [2.24, 2.45) is 0 Å². The van der Waals surface area contributed by atoms with Gasteiger partial charge in [-0.25, -0.2) is 4.39 Å². The monoisotopic (exact) mass is 333 g/mol. The molecule has 1 aliphatic rings. The van der Waals surface area contributed by atoms with Crippen LogP contribution in [-0.2, 0) is 0 Å². The molecule has 0 atom stereocenters. The van der Waals surface area contributed by atoms with E-state index in [1.54, 1.807) is 6.07 Å². The van der Waals surface area contributed by atoms with Crippen molar-refractivity contribution in [1.82, 2.24) is 0 Å². The maximum atomic E-state index is 13.7. The molecule has 0 saturated heterocycles. The molecule has 0 aromatic heterocycles. The first kappa shape index (κ1) is 13.6. The quantitative estimate of drug-likeness (QED) is 0.808. The Morgan fingerprint density at radius 3 is 2.65 bits per heavy atom. The van der Waals surface area contributed by atoms with E-state index in [0.29, 0.717) is 17.6 Å². The summed E-state index contributed by atoms with van der Waals surface area (Å²) in [5.74, 6) is 0.399. The number of anilines is 1.